The van der Waals surface area contributed by atoms with Gasteiger partial charge in [0.1, 0.15) is 17.6 Å². The van der Waals surface area contributed by atoms with Crippen molar-refractivity contribution < 1.29 is 19.1 Å². The Morgan fingerprint density at radius 3 is 2.52 bits per heavy atom. The molecule has 0 aliphatic carbocycles. The van der Waals surface area contributed by atoms with E-state index in [-0.39, 0.29) is 23.7 Å². The highest BCUT2D eigenvalue weighted by Gasteiger charge is 2.45. The Kier molecular flexibility index (Phi) is 5.16. The van der Waals surface area contributed by atoms with Crippen molar-refractivity contribution >= 4 is 29.0 Å². The van der Waals surface area contributed by atoms with Crippen LogP contribution in [0.15, 0.2) is 46.1 Å². The van der Waals surface area contributed by atoms with Crippen molar-refractivity contribution in [3.8, 4) is 0 Å². The minimum absolute atomic E-state index is 0.0692. The van der Waals surface area contributed by atoms with E-state index in [9.17, 15) is 14.7 Å². The second-order valence-electron chi connectivity index (χ2n) is 7.24. The monoisotopic (exact) mass is 387 g/mol. The van der Waals surface area contributed by atoms with Gasteiger partial charge >= 0.3 is 0 Å². The molecular formula is C21H22ClNO4. The number of hydrogen-bond acceptors (Lipinski definition) is 4. The van der Waals surface area contributed by atoms with E-state index in [1.165, 1.54) is 4.90 Å². The van der Waals surface area contributed by atoms with E-state index in [0.29, 0.717) is 22.2 Å². The Labute approximate surface area is 163 Å². The van der Waals surface area contributed by atoms with Gasteiger partial charge in [0.2, 0.25) is 0 Å². The predicted octanol–water partition coefficient (Wildman–Crippen LogP) is 5.07. The van der Waals surface area contributed by atoms with Crippen LogP contribution in [0.3, 0.4) is 0 Å². The number of furan rings is 1. The molecule has 0 saturated heterocycles. The van der Waals surface area contributed by atoms with Gasteiger partial charge in [0, 0.05) is 17.1 Å². The van der Waals surface area contributed by atoms with Crippen LogP contribution in [0.1, 0.15) is 43.4 Å². The van der Waals surface area contributed by atoms with Crippen molar-refractivity contribution in [1.29, 1.82) is 0 Å². The lowest BCUT2D eigenvalue weighted by atomic mass is 9.95. The standard InChI is InChI=1S/C21H22ClNO4/c1-11(2)9-16(24)18-19(17-8-6-13(4)27-17)23(21(26)20(18)25)14-7-5-12(3)15(22)10-14/h5-8,10-11,19,25H,9H2,1-4H3. The third-order valence-electron chi connectivity index (χ3n) is 4.57. The summed E-state index contributed by atoms with van der Waals surface area (Å²) < 4.78 is 5.73. The Bertz CT molecular complexity index is 941. The van der Waals surface area contributed by atoms with E-state index < -0.39 is 17.7 Å². The number of carbonyl (C=O) groups excluding carboxylic acids is 2. The zero-order valence-electron chi connectivity index (χ0n) is 15.7. The first-order chi connectivity index (χ1) is 12.7. The van der Waals surface area contributed by atoms with Gasteiger partial charge in [-0.1, -0.05) is 31.5 Å². The molecular weight excluding hydrogens is 366 g/mol. The van der Waals surface area contributed by atoms with Crippen LogP contribution in [0.2, 0.25) is 5.02 Å². The van der Waals surface area contributed by atoms with Crippen LogP contribution in [-0.4, -0.2) is 16.8 Å². The maximum absolute atomic E-state index is 12.9. The molecule has 5 nitrogen and oxygen atoms in total. The normalized spacial score (nSPS) is 17.3. The maximum atomic E-state index is 12.9. The van der Waals surface area contributed by atoms with Gasteiger partial charge < -0.3 is 9.52 Å². The average Bonchev–Trinajstić information content (AvgIpc) is 3.12. The van der Waals surface area contributed by atoms with Crippen molar-refractivity contribution in [3.63, 3.8) is 0 Å². The summed E-state index contributed by atoms with van der Waals surface area (Å²) in [5.41, 5.74) is 1.43. The first-order valence-electron chi connectivity index (χ1n) is 8.83. The average molecular weight is 388 g/mol. The van der Waals surface area contributed by atoms with Gasteiger partial charge in [-0.15, -0.1) is 0 Å². The largest absolute Gasteiger partial charge is 0.503 e. The number of ketones is 1. The van der Waals surface area contributed by atoms with Crippen LogP contribution >= 0.6 is 11.6 Å². The summed E-state index contributed by atoms with van der Waals surface area (Å²) in [7, 11) is 0. The number of hydrogen-bond donors (Lipinski definition) is 1. The smallest absolute Gasteiger partial charge is 0.294 e. The molecule has 1 N–H and O–H groups in total. The molecule has 1 aromatic carbocycles. The molecule has 1 unspecified atom stereocenters. The molecule has 0 spiro atoms. The number of rotatable bonds is 5. The fraction of sp³-hybridized carbons (Fsp3) is 0.333. The summed E-state index contributed by atoms with van der Waals surface area (Å²) in [6.45, 7) is 7.47. The zero-order valence-corrected chi connectivity index (χ0v) is 16.5. The summed E-state index contributed by atoms with van der Waals surface area (Å²) in [4.78, 5) is 27.1. The van der Waals surface area contributed by atoms with Gasteiger partial charge in [-0.05, 0) is 49.6 Å². The first kappa shape index (κ1) is 19.2. The van der Waals surface area contributed by atoms with Gasteiger partial charge in [0.15, 0.2) is 11.5 Å². The Morgan fingerprint density at radius 2 is 1.96 bits per heavy atom. The van der Waals surface area contributed by atoms with Gasteiger partial charge in [-0.25, -0.2) is 0 Å². The Hall–Kier alpha value is -2.53. The number of halogens is 1. The van der Waals surface area contributed by atoms with E-state index in [4.69, 9.17) is 16.0 Å². The second-order valence-corrected chi connectivity index (χ2v) is 7.65. The number of aliphatic hydroxyl groups is 1. The first-order valence-corrected chi connectivity index (χ1v) is 9.21. The van der Waals surface area contributed by atoms with E-state index in [0.717, 1.165) is 5.56 Å². The minimum Gasteiger partial charge on any atom is -0.503 e. The third kappa shape index (κ3) is 3.52. The van der Waals surface area contributed by atoms with E-state index in [1.54, 1.807) is 37.3 Å². The molecule has 1 aromatic heterocycles. The lowest BCUT2D eigenvalue weighted by molar-refractivity contribution is -0.118. The van der Waals surface area contributed by atoms with Gasteiger partial charge in [0.25, 0.3) is 5.91 Å². The molecule has 0 bridgehead atoms. The molecule has 3 rings (SSSR count). The molecule has 142 valence electrons. The van der Waals surface area contributed by atoms with E-state index >= 15 is 0 Å². The Morgan fingerprint density at radius 1 is 1.26 bits per heavy atom. The molecule has 0 radical (unpaired) electrons. The lowest BCUT2D eigenvalue weighted by Gasteiger charge is -2.25. The summed E-state index contributed by atoms with van der Waals surface area (Å²) in [5.74, 6) is -0.266. The van der Waals surface area contributed by atoms with Crippen molar-refractivity contribution in [3.05, 3.63) is 63.8 Å². The molecule has 1 aliphatic rings. The summed E-state index contributed by atoms with van der Waals surface area (Å²) >= 11 is 6.24. The molecule has 1 atom stereocenters. The molecule has 27 heavy (non-hydrogen) atoms. The van der Waals surface area contributed by atoms with Gasteiger partial charge in [-0.2, -0.15) is 0 Å². The summed E-state index contributed by atoms with van der Waals surface area (Å²) in [6.07, 6.45) is 0.228. The summed E-state index contributed by atoms with van der Waals surface area (Å²) in [6, 6.07) is 7.85. The van der Waals surface area contributed by atoms with E-state index in [2.05, 4.69) is 0 Å². The number of nitrogens with zero attached hydrogens (tertiary/aromatic N) is 1. The van der Waals surface area contributed by atoms with Crippen LogP contribution in [0, 0.1) is 19.8 Å². The summed E-state index contributed by atoms with van der Waals surface area (Å²) in [5, 5.41) is 11.0. The number of carbonyl (C=O) groups is 2. The molecule has 2 aromatic rings. The number of benzene rings is 1. The minimum atomic E-state index is -0.823. The third-order valence-corrected chi connectivity index (χ3v) is 4.97. The molecule has 0 saturated carbocycles. The van der Waals surface area contributed by atoms with Crippen molar-refractivity contribution in [2.45, 2.75) is 40.2 Å². The molecule has 2 heterocycles. The van der Waals surface area contributed by atoms with Gasteiger partial charge in [0.05, 0.1) is 5.57 Å². The van der Waals surface area contributed by atoms with Crippen LogP contribution in [0.25, 0.3) is 0 Å². The van der Waals surface area contributed by atoms with E-state index in [1.807, 2.05) is 20.8 Å². The second kappa shape index (κ2) is 7.24. The Balaban J connectivity index is 2.14. The number of anilines is 1. The van der Waals surface area contributed by atoms with Crippen molar-refractivity contribution in [2.24, 2.45) is 5.92 Å². The highest BCUT2D eigenvalue weighted by atomic mass is 35.5. The molecule has 0 fully saturated rings. The zero-order chi connectivity index (χ0) is 19.9. The maximum Gasteiger partial charge on any atom is 0.294 e. The topological polar surface area (TPSA) is 70.8 Å². The quantitative estimate of drug-likeness (QED) is 0.777. The fourth-order valence-electron chi connectivity index (χ4n) is 3.24. The number of amides is 1. The fourth-order valence-corrected chi connectivity index (χ4v) is 3.41. The molecule has 1 aliphatic heterocycles. The van der Waals surface area contributed by atoms with Crippen LogP contribution in [0.5, 0.6) is 0 Å². The predicted molar refractivity (Wildman–Crippen MR) is 104 cm³/mol. The highest BCUT2D eigenvalue weighted by molar-refractivity contribution is 6.31. The van der Waals surface area contributed by atoms with Crippen LogP contribution in [0.4, 0.5) is 5.69 Å². The molecule has 1 amide bonds. The van der Waals surface area contributed by atoms with Gasteiger partial charge in [-0.3, -0.25) is 14.5 Å². The molecule has 6 heteroatoms. The van der Waals surface area contributed by atoms with Crippen molar-refractivity contribution in [2.75, 3.05) is 4.90 Å². The highest BCUT2D eigenvalue weighted by Crippen LogP contribution is 2.42. The number of Topliss-reactive ketones (excluding diaryl/α,β-unsaturated/α-hetero) is 1. The van der Waals surface area contributed by atoms with Crippen LogP contribution < -0.4 is 4.90 Å². The number of aryl methyl sites for hydroxylation is 2. The van der Waals surface area contributed by atoms with Crippen molar-refractivity contribution in [1.82, 2.24) is 0 Å². The number of aliphatic hydroxyl groups excluding tert-OH is 1. The van der Waals surface area contributed by atoms with Crippen LogP contribution in [-0.2, 0) is 9.59 Å². The SMILES string of the molecule is Cc1ccc(C2C(C(=O)CC(C)C)=C(O)C(=O)N2c2ccc(C)c(Cl)c2)o1. The lowest BCUT2D eigenvalue weighted by Crippen LogP contribution is -2.31.